The summed E-state index contributed by atoms with van der Waals surface area (Å²) in [7, 11) is 0. The van der Waals surface area contributed by atoms with Crippen LogP contribution in [0.1, 0.15) is 0 Å². The van der Waals surface area contributed by atoms with E-state index in [4.69, 9.17) is 5.11 Å². The highest BCUT2D eigenvalue weighted by molar-refractivity contribution is 8.02. The number of aliphatic hydroxyl groups excluding tert-OH is 2. The lowest BCUT2D eigenvalue weighted by molar-refractivity contribution is 0.225. The number of hydrogen-bond donors (Lipinski definition) is 4. The molecule has 2 unspecified atom stereocenters. The van der Waals surface area contributed by atoms with Crippen LogP contribution in [0, 0.1) is 0 Å². The average Bonchev–Trinajstić information content (AvgIpc) is 2.30. The second-order valence-electron chi connectivity index (χ2n) is 3.44. The van der Waals surface area contributed by atoms with Crippen molar-refractivity contribution in [3.8, 4) is 0 Å². The SMILES string of the molecule is OCCSCC(O)CSCC(S)CSCCS. The van der Waals surface area contributed by atoms with Crippen LogP contribution < -0.4 is 0 Å². The summed E-state index contributed by atoms with van der Waals surface area (Å²) in [6, 6.07) is 0. The highest BCUT2D eigenvalue weighted by Gasteiger charge is 2.07. The third kappa shape index (κ3) is 13.9. The fourth-order valence-corrected chi connectivity index (χ4v) is 4.61. The van der Waals surface area contributed by atoms with Crippen LogP contribution >= 0.6 is 60.5 Å². The Bertz CT molecular complexity index is 146. The molecule has 0 aromatic rings. The van der Waals surface area contributed by atoms with Gasteiger partial charge in [0.15, 0.2) is 0 Å². The van der Waals surface area contributed by atoms with E-state index in [0.717, 1.165) is 28.8 Å². The van der Waals surface area contributed by atoms with Crippen LogP contribution in [0.25, 0.3) is 0 Å². The van der Waals surface area contributed by atoms with Crippen LogP contribution in [-0.2, 0) is 0 Å². The normalized spacial score (nSPS) is 14.8. The standard InChI is InChI=1S/C10H22O2S5/c11-1-3-15-5-9(12)6-17-8-10(14)7-16-4-2-13/h9-14H,1-8H2. The zero-order valence-corrected chi connectivity index (χ0v) is 14.1. The summed E-state index contributed by atoms with van der Waals surface area (Å²) in [5.74, 6) is 6.18. The van der Waals surface area contributed by atoms with Gasteiger partial charge in [-0.15, -0.1) is 0 Å². The maximum Gasteiger partial charge on any atom is 0.0720 e. The molecule has 0 fully saturated rings. The predicted molar refractivity (Wildman–Crippen MR) is 91.7 cm³/mol. The zero-order valence-electron chi connectivity index (χ0n) is 9.83. The molecule has 0 aromatic carbocycles. The second-order valence-corrected chi connectivity index (χ2v) is 7.99. The molecule has 0 radical (unpaired) electrons. The van der Waals surface area contributed by atoms with Gasteiger partial charge >= 0.3 is 0 Å². The van der Waals surface area contributed by atoms with Gasteiger partial charge in [0.1, 0.15) is 0 Å². The third-order valence-electron chi connectivity index (χ3n) is 1.71. The van der Waals surface area contributed by atoms with E-state index in [2.05, 4.69) is 25.3 Å². The largest absolute Gasteiger partial charge is 0.396 e. The monoisotopic (exact) mass is 334 g/mol. The molecule has 0 amide bonds. The van der Waals surface area contributed by atoms with E-state index in [1.54, 1.807) is 23.5 Å². The summed E-state index contributed by atoms with van der Waals surface area (Å²) in [5, 5.41) is 18.6. The van der Waals surface area contributed by atoms with Crippen molar-refractivity contribution in [2.24, 2.45) is 0 Å². The molecular formula is C10H22O2S5. The average molecular weight is 335 g/mol. The number of rotatable bonds is 12. The lowest BCUT2D eigenvalue weighted by Crippen LogP contribution is -2.16. The first-order valence-electron chi connectivity index (χ1n) is 5.51. The van der Waals surface area contributed by atoms with Crippen molar-refractivity contribution in [2.45, 2.75) is 11.4 Å². The van der Waals surface area contributed by atoms with E-state index in [-0.39, 0.29) is 12.7 Å². The fraction of sp³-hybridized carbons (Fsp3) is 1.00. The Balaban J connectivity index is 3.29. The minimum absolute atomic E-state index is 0.186. The van der Waals surface area contributed by atoms with Gasteiger partial charge in [0.2, 0.25) is 0 Å². The summed E-state index contributed by atoms with van der Waals surface area (Å²) >= 11 is 13.9. The van der Waals surface area contributed by atoms with Crippen molar-refractivity contribution >= 4 is 60.5 Å². The van der Waals surface area contributed by atoms with E-state index in [1.807, 2.05) is 11.8 Å². The Labute approximate surface area is 128 Å². The van der Waals surface area contributed by atoms with Gasteiger partial charge < -0.3 is 10.2 Å². The molecule has 104 valence electrons. The van der Waals surface area contributed by atoms with Gasteiger partial charge in [-0.05, 0) is 5.75 Å². The number of thioether (sulfide) groups is 3. The summed E-state index contributed by atoms with van der Waals surface area (Å²) in [5.41, 5.74) is 0. The van der Waals surface area contributed by atoms with E-state index < -0.39 is 0 Å². The molecular weight excluding hydrogens is 312 g/mol. The first-order chi connectivity index (χ1) is 8.20. The molecule has 0 aromatic heterocycles. The summed E-state index contributed by atoms with van der Waals surface area (Å²) in [6.07, 6.45) is -0.276. The van der Waals surface area contributed by atoms with Crippen LogP contribution in [0.5, 0.6) is 0 Å². The summed E-state index contributed by atoms with van der Waals surface area (Å²) in [6.45, 7) is 0.186. The highest BCUT2D eigenvalue weighted by atomic mass is 32.2. The Kier molecular flexibility index (Phi) is 15.5. The molecule has 0 saturated carbocycles. The van der Waals surface area contributed by atoms with Crippen molar-refractivity contribution in [2.75, 3.05) is 46.9 Å². The van der Waals surface area contributed by atoms with E-state index in [0.29, 0.717) is 16.8 Å². The molecule has 17 heavy (non-hydrogen) atoms. The molecule has 0 heterocycles. The molecule has 0 aliphatic carbocycles. The lowest BCUT2D eigenvalue weighted by Gasteiger charge is -2.12. The quantitative estimate of drug-likeness (QED) is 0.323. The smallest absolute Gasteiger partial charge is 0.0720 e. The number of aliphatic hydroxyl groups is 2. The maximum atomic E-state index is 9.64. The minimum Gasteiger partial charge on any atom is -0.396 e. The third-order valence-corrected chi connectivity index (χ3v) is 6.58. The van der Waals surface area contributed by atoms with Crippen molar-refractivity contribution in [1.82, 2.24) is 0 Å². The van der Waals surface area contributed by atoms with Crippen LogP contribution in [0.15, 0.2) is 0 Å². The molecule has 0 aliphatic rings. The molecule has 2 nitrogen and oxygen atoms in total. The van der Waals surface area contributed by atoms with Crippen molar-refractivity contribution in [3.63, 3.8) is 0 Å². The van der Waals surface area contributed by atoms with Crippen LogP contribution in [0.2, 0.25) is 0 Å². The fourth-order valence-electron chi connectivity index (χ4n) is 1.00. The zero-order chi connectivity index (χ0) is 12.9. The second kappa shape index (κ2) is 14.1. The van der Waals surface area contributed by atoms with Crippen molar-refractivity contribution < 1.29 is 10.2 Å². The summed E-state index contributed by atoms with van der Waals surface area (Å²) < 4.78 is 0. The Morgan fingerprint density at radius 2 is 1.53 bits per heavy atom. The minimum atomic E-state index is -0.276. The molecule has 2 atom stereocenters. The summed E-state index contributed by atoms with van der Waals surface area (Å²) in [4.78, 5) is 0. The van der Waals surface area contributed by atoms with Crippen LogP contribution in [0.3, 0.4) is 0 Å². The molecule has 0 rings (SSSR count). The molecule has 0 saturated heterocycles. The first-order valence-corrected chi connectivity index (χ1v) is 10.1. The first kappa shape index (κ1) is 18.7. The van der Waals surface area contributed by atoms with Gasteiger partial charge in [0.05, 0.1) is 12.7 Å². The topological polar surface area (TPSA) is 40.5 Å². The lowest BCUT2D eigenvalue weighted by atomic mass is 10.5. The maximum absolute atomic E-state index is 9.64. The van der Waals surface area contributed by atoms with E-state index in [1.165, 1.54) is 0 Å². The van der Waals surface area contributed by atoms with Gasteiger partial charge in [0.25, 0.3) is 0 Å². The molecule has 7 heteroatoms. The van der Waals surface area contributed by atoms with E-state index in [9.17, 15) is 5.11 Å². The number of hydrogen-bond acceptors (Lipinski definition) is 7. The Hall–Kier alpha value is 1.67. The van der Waals surface area contributed by atoms with Gasteiger partial charge in [0, 0.05) is 39.8 Å². The molecule has 0 spiro atoms. The number of thiol groups is 2. The Morgan fingerprint density at radius 3 is 2.18 bits per heavy atom. The highest BCUT2D eigenvalue weighted by Crippen LogP contribution is 2.15. The van der Waals surface area contributed by atoms with E-state index >= 15 is 0 Å². The van der Waals surface area contributed by atoms with Crippen molar-refractivity contribution in [3.05, 3.63) is 0 Å². The van der Waals surface area contributed by atoms with Gasteiger partial charge in [-0.25, -0.2) is 0 Å². The van der Waals surface area contributed by atoms with Gasteiger partial charge in [-0.2, -0.15) is 60.5 Å². The van der Waals surface area contributed by atoms with Crippen molar-refractivity contribution in [1.29, 1.82) is 0 Å². The molecule has 0 bridgehead atoms. The van der Waals surface area contributed by atoms with Gasteiger partial charge in [-0.1, -0.05) is 0 Å². The molecule has 0 aliphatic heterocycles. The molecule has 2 N–H and O–H groups in total. The predicted octanol–water partition coefficient (Wildman–Crippen LogP) is 1.77. The van der Waals surface area contributed by atoms with Crippen LogP contribution in [0.4, 0.5) is 0 Å². The van der Waals surface area contributed by atoms with Gasteiger partial charge in [-0.3, -0.25) is 0 Å². The Morgan fingerprint density at radius 1 is 0.941 bits per heavy atom. The van der Waals surface area contributed by atoms with Crippen LogP contribution in [-0.4, -0.2) is 68.4 Å².